The van der Waals surface area contributed by atoms with Gasteiger partial charge in [-0.3, -0.25) is 0 Å². The molecule has 0 bridgehead atoms. The summed E-state index contributed by atoms with van der Waals surface area (Å²) in [6.45, 7) is 2.30. The lowest BCUT2D eigenvalue weighted by molar-refractivity contribution is 0.322. The molecule has 0 aromatic heterocycles. The minimum atomic E-state index is -3.40. The number of hydrogen-bond acceptors (Lipinski definition) is 3. The summed E-state index contributed by atoms with van der Waals surface area (Å²) in [7, 11) is -3.40. The number of aryl methyl sites for hydroxylation is 1. The van der Waals surface area contributed by atoms with Gasteiger partial charge in [0.1, 0.15) is 0 Å². The molecule has 0 heterocycles. The summed E-state index contributed by atoms with van der Waals surface area (Å²) in [5.41, 5.74) is 6.70. The van der Waals surface area contributed by atoms with Gasteiger partial charge in [0.05, 0.1) is 4.90 Å². The van der Waals surface area contributed by atoms with Crippen LogP contribution in [-0.2, 0) is 10.0 Å². The monoisotopic (exact) mass is 318 g/mol. The molecule has 3 N–H and O–H groups in total. The van der Waals surface area contributed by atoms with Crippen LogP contribution >= 0.6 is 12.4 Å². The van der Waals surface area contributed by atoms with Crippen molar-refractivity contribution in [1.29, 1.82) is 0 Å². The predicted octanol–water partition coefficient (Wildman–Crippen LogP) is 2.21. The van der Waals surface area contributed by atoms with Gasteiger partial charge in [-0.2, -0.15) is 0 Å². The number of benzene rings is 1. The highest BCUT2D eigenvalue weighted by Crippen LogP contribution is 2.23. The summed E-state index contributed by atoms with van der Waals surface area (Å²) in [4.78, 5) is 0.370. The van der Waals surface area contributed by atoms with Crippen LogP contribution in [0.3, 0.4) is 0 Å². The van der Waals surface area contributed by atoms with E-state index < -0.39 is 10.0 Å². The van der Waals surface area contributed by atoms with E-state index >= 15 is 0 Å². The molecule has 2 atom stereocenters. The zero-order chi connectivity index (χ0) is 13.9. The van der Waals surface area contributed by atoms with Crippen molar-refractivity contribution < 1.29 is 8.42 Å². The Kier molecular flexibility index (Phi) is 6.45. The lowest BCUT2D eigenvalue weighted by Gasteiger charge is -2.26. The van der Waals surface area contributed by atoms with Crippen LogP contribution in [0, 0.1) is 12.8 Å². The van der Waals surface area contributed by atoms with Crippen molar-refractivity contribution in [1.82, 2.24) is 4.72 Å². The van der Waals surface area contributed by atoms with Gasteiger partial charge < -0.3 is 5.73 Å². The third-order valence-electron chi connectivity index (χ3n) is 3.77. The summed E-state index contributed by atoms with van der Waals surface area (Å²) in [6, 6.07) is 7.27. The standard InChI is InChI=1S/C14H22N2O2S.ClH/c1-11-5-2-3-8-14(11)19(17,18)16-10-12-6-4-7-13(15)9-12;/h2-3,5,8,12-13,16H,4,6-7,9-10,15H2,1H3;1H. The SMILES string of the molecule is Cc1ccccc1S(=O)(=O)NCC1CCCC(N)C1.Cl. The maximum Gasteiger partial charge on any atom is 0.240 e. The molecule has 0 radical (unpaired) electrons. The minimum absolute atomic E-state index is 0. The van der Waals surface area contributed by atoms with Crippen LogP contribution in [0.15, 0.2) is 29.2 Å². The first-order chi connectivity index (χ1) is 8.99. The zero-order valence-electron chi connectivity index (χ0n) is 11.7. The third-order valence-corrected chi connectivity index (χ3v) is 5.35. The van der Waals surface area contributed by atoms with E-state index in [0.29, 0.717) is 17.4 Å². The van der Waals surface area contributed by atoms with Gasteiger partial charge in [0.15, 0.2) is 0 Å². The molecule has 1 aliphatic rings. The lowest BCUT2D eigenvalue weighted by atomic mass is 9.86. The molecule has 1 aromatic rings. The van der Waals surface area contributed by atoms with Crippen molar-refractivity contribution in [2.45, 2.75) is 43.5 Å². The van der Waals surface area contributed by atoms with E-state index in [9.17, 15) is 8.42 Å². The van der Waals surface area contributed by atoms with Crippen LogP contribution in [0.2, 0.25) is 0 Å². The molecule has 6 heteroatoms. The molecule has 20 heavy (non-hydrogen) atoms. The molecule has 4 nitrogen and oxygen atoms in total. The molecule has 2 unspecified atom stereocenters. The first-order valence-electron chi connectivity index (χ1n) is 6.80. The second-order valence-electron chi connectivity index (χ2n) is 5.41. The number of halogens is 1. The van der Waals surface area contributed by atoms with Crippen LogP contribution < -0.4 is 10.5 Å². The van der Waals surface area contributed by atoms with E-state index in [1.807, 2.05) is 19.1 Å². The summed E-state index contributed by atoms with van der Waals surface area (Å²) >= 11 is 0. The maximum absolute atomic E-state index is 12.2. The first-order valence-corrected chi connectivity index (χ1v) is 8.28. The largest absolute Gasteiger partial charge is 0.328 e. The smallest absolute Gasteiger partial charge is 0.240 e. The van der Waals surface area contributed by atoms with Crippen molar-refractivity contribution in [3.63, 3.8) is 0 Å². The fourth-order valence-corrected chi connectivity index (χ4v) is 4.04. The van der Waals surface area contributed by atoms with Crippen LogP contribution in [0.4, 0.5) is 0 Å². The van der Waals surface area contributed by atoms with Crippen LogP contribution in [-0.4, -0.2) is 21.0 Å². The van der Waals surface area contributed by atoms with Crippen LogP contribution in [0.25, 0.3) is 0 Å². The van der Waals surface area contributed by atoms with Crippen molar-refractivity contribution in [2.75, 3.05) is 6.54 Å². The normalized spacial score (nSPS) is 23.1. The van der Waals surface area contributed by atoms with Crippen LogP contribution in [0.1, 0.15) is 31.2 Å². The molecular formula is C14H23ClN2O2S. The van der Waals surface area contributed by atoms with Gasteiger partial charge in [0.2, 0.25) is 10.0 Å². The number of rotatable bonds is 4. The Morgan fingerprint density at radius 1 is 1.30 bits per heavy atom. The number of hydrogen-bond donors (Lipinski definition) is 2. The van der Waals surface area contributed by atoms with E-state index in [2.05, 4.69) is 4.72 Å². The van der Waals surface area contributed by atoms with Gasteiger partial charge in [-0.15, -0.1) is 12.4 Å². The highest BCUT2D eigenvalue weighted by molar-refractivity contribution is 7.89. The molecule has 0 aliphatic heterocycles. The van der Waals surface area contributed by atoms with E-state index in [1.54, 1.807) is 12.1 Å². The van der Waals surface area contributed by atoms with E-state index in [0.717, 1.165) is 31.2 Å². The Morgan fingerprint density at radius 3 is 2.65 bits per heavy atom. The second-order valence-corrected chi connectivity index (χ2v) is 7.15. The summed E-state index contributed by atoms with van der Waals surface area (Å²) in [5, 5.41) is 0. The molecule has 0 amide bonds. The third kappa shape index (κ3) is 4.45. The number of nitrogens with two attached hydrogens (primary N) is 1. The van der Waals surface area contributed by atoms with Crippen molar-refractivity contribution in [2.24, 2.45) is 11.7 Å². The Balaban J connectivity index is 0.00000200. The first kappa shape index (κ1) is 17.4. The highest BCUT2D eigenvalue weighted by Gasteiger charge is 2.22. The molecule has 114 valence electrons. The number of sulfonamides is 1. The molecular weight excluding hydrogens is 296 g/mol. The van der Waals surface area contributed by atoms with Crippen molar-refractivity contribution in [3.8, 4) is 0 Å². The average molecular weight is 319 g/mol. The second kappa shape index (κ2) is 7.41. The maximum atomic E-state index is 12.2. The van der Waals surface area contributed by atoms with E-state index in [4.69, 9.17) is 5.73 Å². The van der Waals surface area contributed by atoms with Gasteiger partial charge in [0, 0.05) is 12.6 Å². The van der Waals surface area contributed by atoms with Gasteiger partial charge in [-0.1, -0.05) is 24.6 Å². The summed E-state index contributed by atoms with van der Waals surface area (Å²) < 4.78 is 27.2. The summed E-state index contributed by atoms with van der Waals surface area (Å²) in [6.07, 6.45) is 4.12. The average Bonchev–Trinajstić information content (AvgIpc) is 2.37. The van der Waals surface area contributed by atoms with E-state index in [1.165, 1.54) is 0 Å². The Hall–Kier alpha value is -0.620. The van der Waals surface area contributed by atoms with Crippen LogP contribution in [0.5, 0.6) is 0 Å². The molecule has 1 saturated carbocycles. The molecule has 2 rings (SSSR count). The molecule has 1 aliphatic carbocycles. The fraction of sp³-hybridized carbons (Fsp3) is 0.571. The molecule has 1 fully saturated rings. The predicted molar refractivity (Wildman–Crippen MR) is 83.5 cm³/mol. The molecule has 0 spiro atoms. The lowest BCUT2D eigenvalue weighted by Crippen LogP contribution is -2.35. The van der Waals surface area contributed by atoms with Crippen molar-refractivity contribution >= 4 is 22.4 Å². The molecule has 0 saturated heterocycles. The van der Waals surface area contributed by atoms with Gasteiger partial charge in [0.25, 0.3) is 0 Å². The molecule has 1 aromatic carbocycles. The quantitative estimate of drug-likeness (QED) is 0.894. The van der Waals surface area contributed by atoms with Gasteiger partial charge in [-0.05, 0) is 43.7 Å². The zero-order valence-corrected chi connectivity index (χ0v) is 13.3. The Morgan fingerprint density at radius 2 is 2.00 bits per heavy atom. The Bertz CT molecular complexity index is 534. The van der Waals surface area contributed by atoms with Gasteiger partial charge >= 0.3 is 0 Å². The minimum Gasteiger partial charge on any atom is -0.328 e. The van der Waals surface area contributed by atoms with E-state index in [-0.39, 0.29) is 18.4 Å². The fourth-order valence-electron chi connectivity index (χ4n) is 2.68. The Labute approximate surface area is 127 Å². The number of nitrogens with one attached hydrogen (secondary N) is 1. The van der Waals surface area contributed by atoms with Gasteiger partial charge in [-0.25, -0.2) is 13.1 Å². The van der Waals surface area contributed by atoms with Crippen molar-refractivity contribution in [3.05, 3.63) is 29.8 Å². The highest BCUT2D eigenvalue weighted by atomic mass is 35.5. The topological polar surface area (TPSA) is 72.2 Å². The summed E-state index contributed by atoms with van der Waals surface area (Å²) in [5.74, 6) is 0.363.